The highest BCUT2D eigenvalue weighted by molar-refractivity contribution is 7.71. The minimum atomic E-state index is -0.321. The lowest BCUT2D eigenvalue weighted by Crippen LogP contribution is -2.05. The Bertz CT molecular complexity index is 977. The summed E-state index contributed by atoms with van der Waals surface area (Å²) in [4.78, 5) is 0. The van der Waals surface area contributed by atoms with Gasteiger partial charge in [0.25, 0.3) is 0 Å². The van der Waals surface area contributed by atoms with Crippen molar-refractivity contribution in [3.05, 3.63) is 75.6 Å². The molecule has 2 aromatic carbocycles. The summed E-state index contributed by atoms with van der Waals surface area (Å²) >= 11 is 5.19. The molecular formula is C18H17FN4OS. The van der Waals surface area contributed by atoms with Crippen molar-refractivity contribution in [1.29, 1.82) is 0 Å². The molecule has 1 N–H and O–H groups in total. The van der Waals surface area contributed by atoms with E-state index < -0.39 is 0 Å². The van der Waals surface area contributed by atoms with Crippen molar-refractivity contribution < 1.29 is 9.13 Å². The van der Waals surface area contributed by atoms with Crippen LogP contribution >= 0.6 is 12.2 Å². The first-order valence-electron chi connectivity index (χ1n) is 7.69. The number of benzene rings is 2. The van der Waals surface area contributed by atoms with Gasteiger partial charge in [-0.25, -0.2) is 9.49 Å². The van der Waals surface area contributed by atoms with Crippen LogP contribution in [0.15, 0.2) is 47.6 Å². The molecule has 0 aliphatic carbocycles. The van der Waals surface area contributed by atoms with Crippen molar-refractivity contribution in [2.75, 3.05) is 0 Å². The van der Waals surface area contributed by atoms with Crippen molar-refractivity contribution in [3.8, 4) is 5.75 Å². The average Bonchev–Trinajstić information content (AvgIpc) is 2.92. The van der Waals surface area contributed by atoms with Gasteiger partial charge in [-0.1, -0.05) is 29.8 Å². The third-order valence-corrected chi connectivity index (χ3v) is 3.84. The molecule has 0 aliphatic heterocycles. The Morgan fingerprint density at radius 2 is 2.12 bits per heavy atom. The van der Waals surface area contributed by atoms with Gasteiger partial charge in [0.2, 0.25) is 4.77 Å². The van der Waals surface area contributed by atoms with E-state index in [9.17, 15) is 4.39 Å². The van der Waals surface area contributed by atoms with Gasteiger partial charge in [-0.15, -0.1) is 0 Å². The van der Waals surface area contributed by atoms with Crippen LogP contribution in [0, 0.1) is 24.4 Å². The summed E-state index contributed by atoms with van der Waals surface area (Å²) in [6.07, 6.45) is 1.52. The molecule has 0 amide bonds. The Morgan fingerprint density at radius 3 is 2.88 bits per heavy atom. The predicted octanol–water partition coefficient (Wildman–Crippen LogP) is 4.16. The fourth-order valence-corrected chi connectivity index (χ4v) is 2.55. The summed E-state index contributed by atoms with van der Waals surface area (Å²) in [5.74, 6) is 0.982. The van der Waals surface area contributed by atoms with Crippen LogP contribution in [-0.2, 0) is 6.61 Å². The number of rotatable bonds is 5. The van der Waals surface area contributed by atoms with E-state index in [4.69, 9.17) is 17.0 Å². The van der Waals surface area contributed by atoms with Crippen LogP contribution in [0.1, 0.15) is 22.5 Å². The molecule has 0 saturated heterocycles. The van der Waals surface area contributed by atoms with Crippen LogP contribution in [-0.4, -0.2) is 21.1 Å². The standard InChI is InChI=1S/C18H17FN4OS/c1-12-6-7-16(13(2)8-12)24-11-17-21-22-18(25)23(17)20-10-14-4-3-5-15(19)9-14/h3-10H,11H2,1-2H3,(H,22,25)/b20-10-. The molecular weight excluding hydrogens is 339 g/mol. The number of H-pyrrole nitrogens is 1. The monoisotopic (exact) mass is 356 g/mol. The zero-order valence-corrected chi connectivity index (χ0v) is 14.7. The van der Waals surface area contributed by atoms with Crippen LogP contribution < -0.4 is 4.74 Å². The van der Waals surface area contributed by atoms with Crippen molar-refractivity contribution in [2.45, 2.75) is 20.5 Å². The number of aromatic amines is 1. The van der Waals surface area contributed by atoms with Gasteiger partial charge < -0.3 is 4.74 Å². The zero-order valence-electron chi connectivity index (χ0n) is 13.9. The Labute approximate surface area is 149 Å². The topological polar surface area (TPSA) is 55.2 Å². The second kappa shape index (κ2) is 7.40. The van der Waals surface area contributed by atoms with E-state index in [1.165, 1.54) is 28.6 Å². The van der Waals surface area contributed by atoms with E-state index in [1.54, 1.807) is 12.1 Å². The molecule has 0 unspecified atom stereocenters. The molecule has 7 heteroatoms. The largest absolute Gasteiger partial charge is 0.485 e. The number of hydrogen-bond donors (Lipinski definition) is 1. The maximum absolute atomic E-state index is 13.2. The highest BCUT2D eigenvalue weighted by Gasteiger charge is 2.07. The van der Waals surface area contributed by atoms with Crippen LogP contribution in [0.2, 0.25) is 0 Å². The molecule has 1 heterocycles. The highest BCUT2D eigenvalue weighted by Crippen LogP contribution is 2.19. The average molecular weight is 356 g/mol. The number of hydrogen-bond acceptors (Lipinski definition) is 4. The van der Waals surface area contributed by atoms with Crippen LogP contribution in [0.5, 0.6) is 5.75 Å². The second-order valence-electron chi connectivity index (χ2n) is 5.61. The Hall–Kier alpha value is -2.80. The summed E-state index contributed by atoms with van der Waals surface area (Å²) < 4.78 is 20.9. The van der Waals surface area contributed by atoms with Gasteiger partial charge in [0.05, 0.1) is 6.21 Å². The van der Waals surface area contributed by atoms with Crippen LogP contribution in [0.3, 0.4) is 0 Å². The molecule has 3 aromatic rings. The number of aryl methyl sites for hydroxylation is 2. The third-order valence-electron chi connectivity index (χ3n) is 3.58. The number of nitrogens with zero attached hydrogens (tertiary/aromatic N) is 3. The zero-order chi connectivity index (χ0) is 17.8. The lowest BCUT2D eigenvalue weighted by Gasteiger charge is -2.09. The SMILES string of the molecule is Cc1ccc(OCc2n[nH]c(=S)n2/N=C\c2cccc(F)c2)c(C)c1. The van der Waals surface area contributed by atoms with E-state index in [2.05, 4.69) is 21.4 Å². The Morgan fingerprint density at radius 1 is 1.28 bits per heavy atom. The normalized spacial score (nSPS) is 11.2. The molecule has 0 aliphatic rings. The van der Waals surface area contributed by atoms with Gasteiger partial charge in [-0.2, -0.15) is 14.9 Å². The number of nitrogens with one attached hydrogen (secondary N) is 1. The van der Waals surface area contributed by atoms with Crippen molar-refractivity contribution in [3.63, 3.8) is 0 Å². The second-order valence-corrected chi connectivity index (χ2v) is 6.00. The summed E-state index contributed by atoms with van der Waals surface area (Å²) in [5.41, 5.74) is 2.85. The summed E-state index contributed by atoms with van der Waals surface area (Å²) in [6.45, 7) is 4.22. The van der Waals surface area contributed by atoms with Crippen LogP contribution in [0.25, 0.3) is 0 Å². The lowest BCUT2D eigenvalue weighted by atomic mass is 10.1. The molecule has 5 nitrogen and oxygen atoms in total. The molecule has 3 rings (SSSR count). The first kappa shape index (κ1) is 17.0. The van der Waals surface area contributed by atoms with Crippen molar-refractivity contribution in [1.82, 2.24) is 14.9 Å². The molecule has 25 heavy (non-hydrogen) atoms. The van der Waals surface area contributed by atoms with Gasteiger partial charge in [-0.05, 0) is 55.4 Å². The van der Waals surface area contributed by atoms with Gasteiger partial charge >= 0.3 is 0 Å². The Kier molecular flexibility index (Phi) is 5.04. The predicted molar refractivity (Wildman–Crippen MR) is 97.1 cm³/mol. The molecule has 0 radical (unpaired) electrons. The number of ether oxygens (including phenoxy) is 1. The maximum atomic E-state index is 13.2. The first-order valence-corrected chi connectivity index (χ1v) is 8.10. The highest BCUT2D eigenvalue weighted by atomic mass is 32.1. The van der Waals surface area contributed by atoms with E-state index in [-0.39, 0.29) is 12.4 Å². The van der Waals surface area contributed by atoms with E-state index >= 15 is 0 Å². The van der Waals surface area contributed by atoms with E-state index in [0.29, 0.717) is 16.2 Å². The fraction of sp³-hybridized carbons (Fsp3) is 0.167. The molecule has 0 atom stereocenters. The summed E-state index contributed by atoms with van der Waals surface area (Å²) in [5, 5.41) is 11.1. The first-order chi connectivity index (χ1) is 12.0. The van der Waals surface area contributed by atoms with Gasteiger partial charge in [0.1, 0.15) is 18.2 Å². The number of halogens is 1. The maximum Gasteiger partial charge on any atom is 0.216 e. The van der Waals surface area contributed by atoms with Crippen LogP contribution in [0.4, 0.5) is 4.39 Å². The fourth-order valence-electron chi connectivity index (χ4n) is 2.35. The minimum absolute atomic E-state index is 0.206. The summed E-state index contributed by atoms with van der Waals surface area (Å²) in [7, 11) is 0. The molecule has 0 saturated carbocycles. The Balaban J connectivity index is 1.78. The number of aromatic nitrogens is 3. The lowest BCUT2D eigenvalue weighted by molar-refractivity contribution is 0.288. The molecule has 128 valence electrons. The van der Waals surface area contributed by atoms with Gasteiger partial charge in [0.15, 0.2) is 5.82 Å². The van der Waals surface area contributed by atoms with Crippen molar-refractivity contribution >= 4 is 18.4 Å². The quantitative estimate of drug-likeness (QED) is 0.552. The van der Waals surface area contributed by atoms with E-state index in [1.807, 2.05) is 26.0 Å². The van der Waals surface area contributed by atoms with Gasteiger partial charge in [-0.3, -0.25) is 0 Å². The molecule has 0 fully saturated rings. The minimum Gasteiger partial charge on any atom is -0.485 e. The molecule has 0 bridgehead atoms. The third kappa shape index (κ3) is 4.19. The molecule has 1 aromatic heterocycles. The summed E-state index contributed by atoms with van der Waals surface area (Å²) in [6, 6.07) is 12.1. The van der Waals surface area contributed by atoms with E-state index in [0.717, 1.165) is 11.3 Å². The van der Waals surface area contributed by atoms with Crippen molar-refractivity contribution in [2.24, 2.45) is 5.10 Å². The smallest absolute Gasteiger partial charge is 0.216 e. The molecule has 0 spiro atoms. The van der Waals surface area contributed by atoms with Gasteiger partial charge in [0, 0.05) is 0 Å².